The van der Waals surface area contributed by atoms with Gasteiger partial charge in [-0.3, -0.25) is 0 Å². The number of rotatable bonds is 6. The van der Waals surface area contributed by atoms with Crippen LogP contribution in [0.2, 0.25) is 0 Å². The third-order valence-electron chi connectivity index (χ3n) is 3.30. The molecule has 108 valence electrons. The van der Waals surface area contributed by atoms with E-state index < -0.39 is 0 Å². The fraction of sp³-hybridized carbons (Fsp3) is 0.438. The monoisotopic (exact) mass is 273 g/mol. The summed E-state index contributed by atoms with van der Waals surface area (Å²) in [7, 11) is 0. The summed E-state index contributed by atoms with van der Waals surface area (Å²) in [5.41, 5.74) is 7.87. The smallest absolute Gasteiger partial charge is 0.119 e. The molecule has 1 heterocycles. The highest BCUT2D eigenvalue weighted by Crippen LogP contribution is 2.23. The lowest BCUT2D eigenvalue weighted by Gasteiger charge is -2.10. The third kappa shape index (κ3) is 3.39. The lowest BCUT2D eigenvalue weighted by molar-refractivity contribution is 0.242. The van der Waals surface area contributed by atoms with Crippen molar-refractivity contribution in [2.45, 2.75) is 39.2 Å². The second kappa shape index (κ2) is 6.57. The van der Waals surface area contributed by atoms with Crippen molar-refractivity contribution in [2.24, 2.45) is 5.73 Å². The maximum absolute atomic E-state index is 5.75. The highest BCUT2D eigenvalue weighted by Gasteiger charge is 2.12. The second-order valence-corrected chi connectivity index (χ2v) is 5.21. The van der Waals surface area contributed by atoms with Crippen molar-refractivity contribution >= 4 is 0 Å². The molecular formula is C16H23N3O. The van der Waals surface area contributed by atoms with Crippen molar-refractivity contribution in [1.82, 2.24) is 9.97 Å². The fourth-order valence-corrected chi connectivity index (χ4v) is 2.15. The molecule has 0 saturated heterocycles. The van der Waals surface area contributed by atoms with Gasteiger partial charge in [0.1, 0.15) is 11.6 Å². The van der Waals surface area contributed by atoms with E-state index in [9.17, 15) is 0 Å². The zero-order chi connectivity index (χ0) is 14.5. The number of nitrogens with zero attached hydrogens (tertiary/aromatic N) is 1. The minimum atomic E-state index is 0.189. The average Bonchev–Trinajstić information content (AvgIpc) is 2.90. The molecule has 0 aliphatic carbocycles. The summed E-state index contributed by atoms with van der Waals surface area (Å²) in [6.07, 6.45) is 3.05. The summed E-state index contributed by atoms with van der Waals surface area (Å²) >= 11 is 0. The largest absolute Gasteiger partial charge is 0.491 e. The van der Waals surface area contributed by atoms with E-state index >= 15 is 0 Å². The average molecular weight is 273 g/mol. The van der Waals surface area contributed by atoms with Crippen LogP contribution < -0.4 is 10.5 Å². The maximum atomic E-state index is 5.75. The molecule has 0 bridgehead atoms. The van der Waals surface area contributed by atoms with Gasteiger partial charge in [0.2, 0.25) is 0 Å². The van der Waals surface area contributed by atoms with E-state index in [1.54, 1.807) is 0 Å². The van der Waals surface area contributed by atoms with Gasteiger partial charge in [0, 0.05) is 12.5 Å². The molecule has 4 nitrogen and oxygen atoms in total. The predicted molar refractivity (Wildman–Crippen MR) is 81.9 cm³/mol. The SMILES string of the molecule is CCC(CN)c1ncc(-c2ccc(OC(C)C)cc2)[nH]1. The number of nitrogens with one attached hydrogen (secondary N) is 1. The van der Waals surface area contributed by atoms with Gasteiger partial charge in [0.15, 0.2) is 0 Å². The van der Waals surface area contributed by atoms with Gasteiger partial charge in [-0.2, -0.15) is 0 Å². The van der Waals surface area contributed by atoms with Crippen LogP contribution in [0.3, 0.4) is 0 Å². The molecule has 0 spiro atoms. The maximum Gasteiger partial charge on any atom is 0.119 e. The van der Waals surface area contributed by atoms with Gasteiger partial charge < -0.3 is 15.5 Å². The Kier molecular flexibility index (Phi) is 4.79. The molecule has 0 aliphatic rings. The number of hydrogen-bond acceptors (Lipinski definition) is 3. The summed E-state index contributed by atoms with van der Waals surface area (Å²) in [6, 6.07) is 8.04. The van der Waals surface area contributed by atoms with Crippen molar-refractivity contribution in [1.29, 1.82) is 0 Å². The van der Waals surface area contributed by atoms with E-state index in [0.29, 0.717) is 12.5 Å². The summed E-state index contributed by atoms with van der Waals surface area (Å²) in [5.74, 6) is 2.15. The molecular weight excluding hydrogens is 250 g/mol. The molecule has 0 radical (unpaired) electrons. The van der Waals surface area contributed by atoms with Gasteiger partial charge in [0.05, 0.1) is 18.0 Å². The van der Waals surface area contributed by atoms with Crippen LogP contribution in [0.4, 0.5) is 0 Å². The molecule has 2 aromatic rings. The molecule has 4 heteroatoms. The number of imidazole rings is 1. The molecule has 0 amide bonds. The highest BCUT2D eigenvalue weighted by atomic mass is 16.5. The standard InChI is InChI=1S/C16H23N3O/c1-4-12(9-17)16-18-10-15(19-16)13-5-7-14(8-6-13)20-11(2)3/h5-8,10-12H,4,9,17H2,1-3H3,(H,18,19). The van der Waals surface area contributed by atoms with Crippen LogP contribution in [-0.4, -0.2) is 22.6 Å². The molecule has 1 unspecified atom stereocenters. The normalized spacial score (nSPS) is 12.7. The van der Waals surface area contributed by atoms with E-state index in [1.807, 2.05) is 44.3 Å². The molecule has 0 aliphatic heterocycles. The summed E-state index contributed by atoms with van der Waals surface area (Å²) < 4.78 is 5.64. The molecule has 20 heavy (non-hydrogen) atoms. The lowest BCUT2D eigenvalue weighted by atomic mass is 10.1. The first-order valence-electron chi connectivity index (χ1n) is 7.16. The summed E-state index contributed by atoms with van der Waals surface area (Å²) in [4.78, 5) is 7.80. The molecule has 2 rings (SSSR count). The Bertz CT molecular complexity index is 527. The van der Waals surface area contributed by atoms with Gasteiger partial charge in [-0.1, -0.05) is 6.92 Å². The van der Waals surface area contributed by atoms with Crippen LogP contribution in [0.15, 0.2) is 30.5 Å². The molecule has 1 atom stereocenters. The zero-order valence-electron chi connectivity index (χ0n) is 12.4. The zero-order valence-corrected chi connectivity index (χ0v) is 12.4. The summed E-state index contributed by atoms with van der Waals surface area (Å²) in [5, 5.41) is 0. The Labute approximate surface area is 120 Å². The Morgan fingerprint density at radius 1 is 1.25 bits per heavy atom. The third-order valence-corrected chi connectivity index (χ3v) is 3.30. The molecule has 3 N–H and O–H groups in total. The van der Waals surface area contributed by atoms with E-state index in [-0.39, 0.29) is 6.10 Å². The minimum Gasteiger partial charge on any atom is -0.491 e. The van der Waals surface area contributed by atoms with Crippen molar-refractivity contribution in [3.8, 4) is 17.0 Å². The fourth-order valence-electron chi connectivity index (χ4n) is 2.15. The van der Waals surface area contributed by atoms with E-state index in [4.69, 9.17) is 10.5 Å². The Balaban J connectivity index is 2.15. The number of hydrogen-bond donors (Lipinski definition) is 2. The predicted octanol–water partition coefficient (Wildman–Crippen LogP) is 3.32. The van der Waals surface area contributed by atoms with Gasteiger partial charge >= 0.3 is 0 Å². The first kappa shape index (κ1) is 14.6. The van der Waals surface area contributed by atoms with Crippen molar-refractivity contribution in [2.75, 3.05) is 6.54 Å². The Morgan fingerprint density at radius 2 is 1.95 bits per heavy atom. The number of aromatic amines is 1. The first-order chi connectivity index (χ1) is 9.63. The van der Waals surface area contributed by atoms with Crippen molar-refractivity contribution in [3.05, 3.63) is 36.3 Å². The molecule has 0 saturated carbocycles. The Hall–Kier alpha value is -1.81. The Morgan fingerprint density at radius 3 is 2.50 bits per heavy atom. The number of H-pyrrole nitrogens is 1. The summed E-state index contributed by atoms with van der Waals surface area (Å²) in [6.45, 7) is 6.78. The lowest BCUT2D eigenvalue weighted by Crippen LogP contribution is -2.12. The van der Waals surface area contributed by atoms with E-state index in [1.165, 1.54) is 0 Å². The van der Waals surface area contributed by atoms with Gasteiger partial charge in [-0.25, -0.2) is 4.98 Å². The van der Waals surface area contributed by atoms with Crippen LogP contribution in [0.5, 0.6) is 5.75 Å². The van der Waals surface area contributed by atoms with E-state index in [2.05, 4.69) is 16.9 Å². The van der Waals surface area contributed by atoms with Gasteiger partial charge in [-0.15, -0.1) is 0 Å². The molecule has 1 aromatic carbocycles. The number of benzene rings is 1. The number of nitrogens with two attached hydrogens (primary N) is 1. The van der Waals surface area contributed by atoms with Crippen LogP contribution in [-0.2, 0) is 0 Å². The van der Waals surface area contributed by atoms with Crippen LogP contribution >= 0.6 is 0 Å². The number of ether oxygens (including phenoxy) is 1. The van der Waals surface area contributed by atoms with Crippen LogP contribution in [0, 0.1) is 0 Å². The quantitative estimate of drug-likeness (QED) is 0.848. The van der Waals surface area contributed by atoms with Gasteiger partial charge in [0.25, 0.3) is 0 Å². The molecule has 0 fully saturated rings. The first-order valence-corrected chi connectivity index (χ1v) is 7.16. The highest BCUT2D eigenvalue weighted by molar-refractivity contribution is 5.59. The van der Waals surface area contributed by atoms with Crippen LogP contribution in [0.1, 0.15) is 38.9 Å². The van der Waals surface area contributed by atoms with Crippen LogP contribution in [0.25, 0.3) is 11.3 Å². The van der Waals surface area contributed by atoms with Crippen molar-refractivity contribution in [3.63, 3.8) is 0 Å². The minimum absolute atomic E-state index is 0.189. The topological polar surface area (TPSA) is 63.9 Å². The van der Waals surface area contributed by atoms with Crippen molar-refractivity contribution < 1.29 is 4.74 Å². The molecule has 1 aromatic heterocycles. The number of aromatic nitrogens is 2. The van der Waals surface area contributed by atoms with Gasteiger partial charge in [-0.05, 0) is 50.1 Å². The second-order valence-electron chi connectivity index (χ2n) is 5.21. The van der Waals surface area contributed by atoms with E-state index in [0.717, 1.165) is 29.3 Å².